The predicted molar refractivity (Wildman–Crippen MR) is 49.9 cm³/mol. The molecular formula is C10H18O4. The minimum Gasteiger partial charge on any atom is -0.394 e. The van der Waals surface area contributed by atoms with E-state index in [9.17, 15) is 0 Å². The molecule has 0 aliphatic carbocycles. The molecule has 0 aromatic carbocycles. The van der Waals surface area contributed by atoms with Gasteiger partial charge in [-0.05, 0) is 19.3 Å². The highest BCUT2D eigenvalue weighted by atomic mass is 16.7. The van der Waals surface area contributed by atoms with Crippen molar-refractivity contribution in [3.05, 3.63) is 0 Å². The quantitative estimate of drug-likeness (QED) is 0.731. The Morgan fingerprint density at radius 3 is 2.71 bits per heavy atom. The van der Waals surface area contributed by atoms with E-state index in [1.807, 2.05) is 0 Å². The van der Waals surface area contributed by atoms with Gasteiger partial charge in [-0.3, -0.25) is 0 Å². The summed E-state index contributed by atoms with van der Waals surface area (Å²) in [5.41, 5.74) is 0. The topological polar surface area (TPSA) is 47.9 Å². The lowest BCUT2D eigenvalue weighted by Gasteiger charge is -2.24. The van der Waals surface area contributed by atoms with Gasteiger partial charge in [0.2, 0.25) is 0 Å². The van der Waals surface area contributed by atoms with E-state index in [1.165, 1.54) is 12.8 Å². The molecule has 4 nitrogen and oxygen atoms in total. The Balaban J connectivity index is 1.69. The molecule has 2 aliphatic rings. The molecular weight excluding hydrogens is 184 g/mol. The van der Waals surface area contributed by atoms with Crippen LogP contribution in [0.4, 0.5) is 0 Å². The Morgan fingerprint density at radius 2 is 2.07 bits per heavy atom. The average Bonchev–Trinajstić information content (AvgIpc) is 2.67. The fourth-order valence-electron chi connectivity index (χ4n) is 1.94. The van der Waals surface area contributed by atoms with E-state index in [0.717, 1.165) is 19.4 Å². The fourth-order valence-corrected chi connectivity index (χ4v) is 1.94. The van der Waals surface area contributed by atoms with Crippen molar-refractivity contribution in [2.45, 2.75) is 44.2 Å². The number of hydrogen-bond acceptors (Lipinski definition) is 4. The van der Waals surface area contributed by atoms with E-state index in [1.54, 1.807) is 0 Å². The van der Waals surface area contributed by atoms with Gasteiger partial charge in [-0.25, -0.2) is 0 Å². The molecule has 4 heteroatoms. The predicted octanol–water partition coefficient (Wildman–Crippen LogP) is 0.679. The van der Waals surface area contributed by atoms with Gasteiger partial charge in [0.25, 0.3) is 0 Å². The van der Waals surface area contributed by atoms with Crippen LogP contribution in [0, 0.1) is 0 Å². The van der Waals surface area contributed by atoms with Crippen LogP contribution in [0.15, 0.2) is 0 Å². The largest absolute Gasteiger partial charge is 0.394 e. The van der Waals surface area contributed by atoms with Crippen LogP contribution in [0.5, 0.6) is 0 Å². The van der Waals surface area contributed by atoms with Gasteiger partial charge in [0.15, 0.2) is 6.29 Å². The van der Waals surface area contributed by atoms with Crippen molar-refractivity contribution in [1.29, 1.82) is 0 Å². The van der Waals surface area contributed by atoms with Gasteiger partial charge in [-0.15, -0.1) is 0 Å². The summed E-state index contributed by atoms with van der Waals surface area (Å²) in [7, 11) is 0. The zero-order valence-electron chi connectivity index (χ0n) is 8.35. The molecule has 0 spiro atoms. The SMILES string of the molecule is OCC1COC(CC2CCCCO2)O1. The number of aliphatic hydroxyl groups is 1. The molecule has 0 bridgehead atoms. The minimum absolute atomic E-state index is 0.0437. The molecule has 14 heavy (non-hydrogen) atoms. The third kappa shape index (κ3) is 2.67. The van der Waals surface area contributed by atoms with E-state index >= 15 is 0 Å². The molecule has 0 aromatic heterocycles. The van der Waals surface area contributed by atoms with E-state index in [-0.39, 0.29) is 25.1 Å². The summed E-state index contributed by atoms with van der Waals surface area (Å²) in [6.07, 6.45) is 4.29. The van der Waals surface area contributed by atoms with Crippen LogP contribution in [0.25, 0.3) is 0 Å². The zero-order valence-corrected chi connectivity index (χ0v) is 8.35. The maximum absolute atomic E-state index is 8.85. The highest BCUT2D eigenvalue weighted by Crippen LogP contribution is 2.22. The Morgan fingerprint density at radius 1 is 1.14 bits per heavy atom. The first-order valence-electron chi connectivity index (χ1n) is 5.38. The van der Waals surface area contributed by atoms with Gasteiger partial charge in [0.05, 0.1) is 19.3 Å². The lowest BCUT2D eigenvalue weighted by atomic mass is 10.1. The molecule has 0 aromatic rings. The lowest BCUT2D eigenvalue weighted by molar-refractivity contribution is -0.106. The molecule has 82 valence electrons. The first-order valence-corrected chi connectivity index (χ1v) is 5.38. The van der Waals surface area contributed by atoms with Crippen LogP contribution < -0.4 is 0 Å². The third-order valence-corrected chi connectivity index (χ3v) is 2.75. The van der Waals surface area contributed by atoms with Crippen molar-refractivity contribution in [3.63, 3.8) is 0 Å². The molecule has 2 aliphatic heterocycles. The second-order valence-electron chi connectivity index (χ2n) is 3.93. The van der Waals surface area contributed by atoms with Gasteiger partial charge < -0.3 is 19.3 Å². The van der Waals surface area contributed by atoms with E-state index in [2.05, 4.69) is 0 Å². The average molecular weight is 202 g/mol. The summed E-state index contributed by atoms with van der Waals surface area (Å²) in [4.78, 5) is 0. The second kappa shape index (κ2) is 5.07. The molecule has 3 atom stereocenters. The Bertz CT molecular complexity index is 168. The van der Waals surface area contributed by atoms with Crippen molar-refractivity contribution in [2.75, 3.05) is 19.8 Å². The normalized spacial score (nSPS) is 38.8. The molecule has 0 amide bonds. The Labute approximate surface area is 84.1 Å². The number of rotatable bonds is 3. The maximum Gasteiger partial charge on any atom is 0.160 e. The zero-order chi connectivity index (χ0) is 9.80. The molecule has 2 saturated heterocycles. The summed E-state index contributed by atoms with van der Waals surface area (Å²) in [5.74, 6) is 0. The summed E-state index contributed by atoms with van der Waals surface area (Å²) < 4.78 is 16.4. The van der Waals surface area contributed by atoms with E-state index < -0.39 is 0 Å². The summed E-state index contributed by atoms with van der Waals surface area (Å²) in [5, 5.41) is 8.85. The monoisotopic (exact) mass is 202 g/mol. The van der Waals surface area contributed by atoms with Crippen molar-refractivity contribution in [2.24, 2.45) is 0 Å². The smallest absolute Gasteiger partial charge is 0.160 e. The minimum atomic E-state index is -0.171. The number of aliphatic hydroxyl groups excluding tert-OH is 1. The third-order valence-electron chi connectivity index (χ3n) is 2.75. The second-order valence-corrected chi connectivity index (χ2v) is 3.93. The maximum atomic E-state index is 8.85. The molecule has 2 fully saturated rings. The van der Waals surface area contributed by atoms with E-state index in [4.69, 9.17) is 19.3 Å². The highest BCUT2D eigenvalue weighted by molar-refractivity contribution is 4.70. The Kier molecular flexibility index (Phi) is 3.75. The van der Waals surface area contributed by atoms with Crippen molar-refractivity contribution >= 4 is 0 Å². The standard InChI is InChI=1S/C10H18O4/c11-6-9-7-13-10(14-9)5-8-3-1-2-4-12-8/h8-11H,1-7H2. The molecule has 2 rings (SSSR count). The molecule has 1 N–H and O–H groups in total. The molecule has 0 radical (unpaired) electrons. The fraction of sp³-hybridized carbons (Fsp3) is 1.00. The summed E-state index contributed by atoms with van der Waals surface area (Å²) in [6.45, 7) is 1.41. The number of ether oxygens (including phenoxy) is 3. The Hall–Kier alpha value is -0.160. The first kappa shape index (κ1) is 10.4. The summed E-state index contributed by atoms with van der Waals surface area (Å²) >= 11 is 0. The van der Waals surface area contributed by atoms with Crippen LogP contribution in [-0.4, -0.2) is 43.4 Å². The lowest BCUT2D eigenvalue weighted by Crippen LogP contribution is -2.26. The van der Waals surface area contributed by atoms with Crippen LogP contribution in [0.2, 0.25) is 0 Å². The van der Waals surface area contributed by atoms with Crippen molar-refractivity contribution < 1.29 is 19.3 Å². The molecule has 3 unspecified atom stereocenters. The summed E-state index contributed by atoms with van der Waals surface area (Å²) in [6, 6.07) is 0. The molecule has 0 saturated carbocycles. The van der Waals surface area contributed by atoms with Gasteiger partial charge in [-0.2, -0.15) is 0 Å². The van der Waals surface area contributed by atoms with Crippen molar-refractivity contribution in [3.8, 4) is 0 Å². The van der Waals surface area contributed by atoms with Crippen molar-refractivity contribution in [1.82, 2.24) is 0 Å². The van der Waals surface area contributed by atoms with Crippen LogP contribution in [0.3, 0.4) is 0 Å². The molecule has 2 heterocycles. The van der Waals surface area contributed by atoms with Crippen LogP contribution in [-0.2, 0) is 14.2 Å². The van der Waals surface area contributed by atoms with Gasteiger partial charge in [0.1, 0.15) is 6.10 Å². The number of hydrogen-bond donors (Lipinski definition) is 1. The van der Waals surface area contributed by atoms with Gasteiger partial charge >= 0.3 is 0 Å². The van der Waals surface area contributed by atoms with Gasteiger partial charge in [-0.1, -0.05) is 0 Å². The van der Waals surface area contributed by atoms with Gasteiger partial charge in [0, 0.05) is 13.0 Å². The van der Waals surface area contributed by atoms with Crippen LogP contribution in [0.1, 0.15) is 25.7 Å². The van der Waals surface area contributed by atoms with Crippen LogP contribution >= 0.6 is 0 Å². The highest BCUT2D eigenvalue weighted by Gasteiger charge is 2.28. The van der Waals surface area contributed by atoms with E-state index in [0.29, 0.717) is 6.61 Å². The first-order chi connectivity index (χ1) is 6.88.